The molecule has 7 nitrogen and oxygen atoms in total. The molecule has 150 valence electrons. The van der Waals surface area contributed by atoms with E-state index in [-0.39, 0.29) is 4.90 Å². The summed E-state index contributed by atoms with van der Waals surface area (Å²) in [6.07, 6.45) is 1.65. The van der Waals surface area contributed by atoms with Gasteiger partial charge in [-0.1, -0.05) is 18.2 Å². The van der Waals surface area contributed by atoms with Gasteiger partial charge in [0.15, 0.2) is 0 Å². The Labute approximate surface area is 174 Å². The van der Waals surface area contributed by atoms with E-state index >= 15 is 0 Å². The summed E-state index contributed by atoms with van der Waals surface area (Å²) >= 11 is 0. The van der Waals surface area contributed by atoms with Crippen molar-refractivity contribution in [3.05, 3.63) is 91.1 Å². The van der Waals surface area contributed by atoms with Crippen molar-refractivity contribution < 1.29 is 13.2 Å². The Morgan fingerprint density at radius 1 is 0.800 bits per heavy atom. The molecule has 0 aliphatic heterocycles. The summed E-state index contributed by atoms with van der Waals surface area (Å²) in [7, 11) is -3.73. The number of hydrogen-bond acceptors (Lipinski definition) is 6. The SMILES string of the molecule is NS(=O)(=O)c1ccc(Nc2nccc(-c3ccc(Oc4ccccc4)cc3)n2)cc1. The molecule has 1 aromatic heterocycles. The zero-order valence-electron chi connectivity index (χ0n) is 15.8. The van der Waals surface area contributed by atoms with E-state index in [2.05, 4.69) is 15.3 Å². The highest BCUT2D eigenvalue weighted by molar-refractivity contribution is 7.89. The Bertz CT molecular complexity index is 1240. The molecule has 0 aliphatic carbocycles. The smallest absolute Gasteiger partial charge is 0.238 e. The molecule has 0 spiro atoms. The van der Waals surface area contributed by atoms with Crippen molar-refractivity contribution in [3.63, 3.8) is 0 Å². The lowest BCUT2D eigenvalue weighted by atomic mass is 10.1. The number of rotatable bonds is 6. The lowest BCUT2D eigenvalue weighted by Gasteiger charge is -2.09. The van der Waals surface area contributed by atoms with Crippen LogP contribution in [-0.4, -0.2) is 18.4 Å². The van der Waals surface area contributed by atoms with Gasteiger partial charge in [-0.05, 0) is 66.7 Å². The average Bonchev–Trinajstić information content (AvgIpc) is 2.75. The van der Waals surface area contributed by atoms with Crippen LogP contribution in [0.2, 0.25) is 0 Å². The Morgan fingerprint density at radius 2 is 1.47 bits per heavy atom. The fourth-order valence-electron chi connectivity index (χ4n) is 2.76. The molecule has 4 rings (SSSR count). The number of ether oxygens (including phenoxy) is 1. The van der Waals surface area contributed by atoms with Crippen LogP contribution in [-0.2, 0) is 10.0 Å². The van der Waals surface area contributed by atoms with E-state index < -0.39 is 10.0 Å². The minimum absolute atomic E-state index is 0.0422. The number of aromatic nitrogens is 2. The summed E-state index contributed by atoms with van der Waals surface area (Å²) in [5.41, 5.74) is 2.29. The summed E-state index contributed by atoms with van der Waals surface area (Å²) in [5.74, 6) is 1.89. The number of primary sulfonamides is 1. The number of sulfonamides is 1. The third-order valence-electron chi connectivity index (χ3n) is 4.22. The quantitative estimate of drug-likeness (QED) is 0.483. The van der Waals surface area contributed by atoms with Crippen molar-refractivity contribution in [3.8, 4) is 22.8 Å². The third kappa shape index (κ3) is 4.80. The second-order valence-electron chi connectivity index (χ2n) is 6.40. The van der Waals surface area contributed by atoms with E-state index in [1.54, 1.807) is 18.3 Å². The maximum atomic E-state index is 11.4. The largest absolute Gasteiger partial charge is 0.457 e. The molecule has 0 unspecified atom stereocenters. The van der Waals surface area contributed by atoms with E-state index in [4.69, 9.17) is 9.88 Å². The maximum Gasteiger partial charge on any atom is 0.238 e. The highest BCUT2D eigenvalue weighted by atomic mass is 32.2. The minimum atomic E-state index is -3.73. The first-order chi connectivity index (χ1) is 14.5. The maximum absolute atomic E-state index is 11.4. The lowest BCUT2D eigenvalue weighted by Crippen LogP contribution is -2.11. The number of nitrogens with zero attached hydrogens (tertiary/aromatic N) is 2. The highest BCUT2D eigenvalue weighted by Gasteiger charge is 2.08. The molecule has 0 aliphatic rings. The van der Waals surface area contributed by atoms with Gasteiger partial charge in [0.2, 0.25) is 16.0 Å². The van der Waals surface area contributed by atoms with Gasteiger partial charge in [0.25, 0.3) is 0 Å². The number of nitrogens with one attached hydrogen (secondary N) is 1. The van der Waals surface area contributed by atoms with Crippen molar-refractivity contribution in [1.29, 1.82) is 0 Å². The van der Waals surface area contributed by atoms with E-state index in [0.29, 0.717) is 11.6 Å². The number of hydrogen-bond donors (Lipinski definition) is 2. The summed E-state index contributed by atoms with van der Waals surface area (Å²) in [4.78, 5) is 8.77. The molecule has 3 N–H and O–H groups in total. The first-order valence-corrected chi connectivity index (χ1v) is 10.6. The first kappa shape index (κ1) is 19.6. The van der Waals surface area contributed by atoms with Gasteiger partial charge in [-0.3, -0.25) is 0 Å². The molecule has 0 bridgehead atoms. The van der Waals surface area contributed by atoms with Gasteiger partial charge in [-0.15, -0.1) is 0 Å². The minimum Gasteiger partial charge on any atom is -0.457 e. The van der Waals surface area contributed by atoms with Crippen LogP contribution in [0, 0.1) is 0 Å². The summed E-state index contributed by atoms with van der Waals surface area (Å²) in [5, 5.41) is 8.17. The predicted octanol–water partition coefficient (Wildman–Crippen LogP) is 4.33. The lowest BCUT2D eigenvalue weighted by molar-refractivity contribution is 0.483. The Morgan fingerprint density at radius 3 is 2.13 bits per heavy atom. The molecule has 0 saturated carbocycles. The summed E-state index contributed by atoms with van der Waals surface area (Å²) in [6.45, 7) is 0. The van der Waals surface area contributed by atoms with Crippen LogP contribution in [0.25, 0.3) is 11.3 Å². The molecule has 0 radical (unpaired) electrons. The van der Waals surface area contributed by atoms with Gasteiger partial charge >= 0.3 is 0 Å². The fourth-order valence-corrected chi connectivity index (χ4v) is 3.27. The van der Waals surface area contributed by atoms with E-state index in [1.807, 2.05) is 60.7 Å². The van der Waals surface area contributed by atoms with Gasteiger partial charge in [0, 0.05) is 17.4 Å². The third-order valence-corrected chi connectivity index (χ3v) is 5.15. The summed E-state index contributed by atoms with van der Waals surface area (Å²) in [6, 6.07) is 25.0. The Kier molecular flexibility index (Phi) is 5.42. The second-order valence-corrected chi connectivity index (χ2v) is 7.96. The molecule has 4 aromatic rings. The van der Waals surface area contributed by atoms with Gasteiger partial charge < -0.3 is 10.1 Å². The normalized spacial score (nSPS) is 11.1. The standard InChI is InChI=1S/C22H18N4O3S/c23-30(27,28)20-12-8-17(9-13-20)25-22-24-15-14-21(26-22)16-6-10-19(11-7-16)29-18-4-2-1-3-5-18/h1-15H,(H2,23,27,28)(H,24,25,26). The molecule has 0 saturated heterocycles. The molecule has 3 aromatic carbocycles. The number of para-hydroxylation sites is 1. The monoisotopic (exact) mass is 418 g/mol. The van der Waals surface area contributed by atoms with Gasteiger partial charge in [-0.2, -0.15) is 0 Å². The van der Waals surface area contributed by atoms with Gasteiger partial charge in [-0.25, -0.2) is 23.5 Å². The van der Waals surface area contributed by atoms with Gasteiger partial charge in [0.1, 0.15) is 11.5 Å². The van der Waals surface area contributed by atoms with Crippen molar-refractivity contribution in [1.82, 2.24) is 9.97 Å². The molecule has 1 heterocycles. The zero-order valence-corrected chi connectivity index (χ0v) is 16.6. The highest BCUT2D eigenvalue weighted by Crippen LogP contribution is 2.25. The van der Waals surface area contributed by atoms with E-state index in [9.17, 15) is 8.42 Å². The molecule has 0 amide bonds. The molecule has 0 fully saturated rings. The van der Waals surface area contributed by atoms with Crippen LogP contribution < -0.4 is 15.2 Å². The first-order valence-electron chi connectivity index (χ1n) is 9.04. The van der Waals surface area contributed by atoms with Crippen LogP contribution >= 0.6 is 0 Å². The van der Waals surface area contributed by atoms with E-state index in [1.165, 1.54) is 12.1 Å². The average molecular weight is 418 g/mol. The van der Waals surface area contributed by atoms with Crippen molar-refractivity contribution in [2.75, 3.05) is 5.32 Å². The molecular weight excluding hydrogens is 400 g/mol. The molecular formula is C22H18N4O3S. The predicted molar refractivity (Wildman–Crippen MR) is 115 cm³/mol. The molecule has 8 heteroatoms. The van der Waals surface area contributed by atoms with Crippen LogP contribution in [0.4, 0.5) is 11.6 Å². The van der Waals surface area contributed by atoms with Crippen LogP contribution in [0.3, 0.4) is 0 Å². The molecule has 30 heavy (non-hydrogen) atoms. The zero-order chi connectivity index (χ0) is 21.0. The van der Waals surface area contributed by atoms with Crippen LogP contribution in [0.5, 0.6) is 11.5 Å². The van der Waals surface area contributed by atoms with Crippen molar-refractivity contribution >= 4 is 21.7 Å². The van der Waals surface area contributed by atoms with Crippen LogP contribution in [0.1, 0.15) is 0 Å². The number of anilines is 2. The van der Waals surface area contributed by atoms with E-state index in [0.717, 1.165) is 22.8 Å². The molecule has 0 atom stereocenters. The van der Waals surface area contributed by atoms with Crippen LogP contribution in [0.15, 0.2) is 96.0 Å². The second kappa shape index (κ2) is 8.32. The number of nitrogens with two attached hydrogens (primary N) is 1. The Balaban J connectivity index is 1.49. The van der Waals surface area contributed by atoms with Crippen molar-refractivity contribution in [2.24, 2.45) is 5.14 Å². The Hall–Kier alpha value is -3.75. The fraction of sp³-hybridized carbons (Fsp3) is 0. The van der Waals surface area contributed by atoms with Crippen molar-refractivity contribution in [2.45, 2.75) is 4.90 Å². The summed E-state index contributed by atoms with van der Waals surface area (Å²) < 4.78 is 28.5. The topological polar surface area (TPSA) is 107 Å². The van der Waals surface area contributed by atoms with Gasteiger partial charge in [0.05, 0.1) is 10.6 Å². The number of benzene rings is 3.